The van der Waals surface area contributed by atoms with Crippen LogP contribution in [0.5, 0.6) is 0 Å². The number of hydrogen-bond acceptors (Lipinski definition) is 6. The normalized spacial score (nSPS) is 29.6. The zero-order chi connectivity index (χ0) is 13.8. The Morgan fingerprint density at radius 1 is 1.30 bits per heavy atom. The molecule has 3 rings (SSSR count). The van der Waals surface area contributed by atoms with Gasteiger partial charge in [0.15, 0.2) is 0 Å². The standard InChI is InChI=1S/C14H23N3O2S/c18-14(10-16-4-1-2-5-16)11-17(6-7-19-12-14)9-13-15-3-8-20-13/h3,8,18H,1-2,4-7,9-12H2. The summed E-state index contributed by atoms with van der Waals surface area (Å²) < 4.78 is 5.63. The van der Waals surface area contributed by atoms with Crippen molar-refractivity contribution in [3.05, 3.63) is 16.6 Å². The summed E-state index contributed by atoms with van der Waals surface area (Å²) in [4.78, 5) is 8.96. The first-order chi connectivity index (χ1) is 9.73. The minimum absolute atomic E-state index is 0.442. The number of β-amino-alcohol motifs (C(OH)–C–C–N with tert-alkyl or cyclic N) is 1. The molecule has 5 nitrogen and oxygen atoms in total. The predicted octanol–water partition coefficient (Wildman–Crippen LogP) is 0.802. The minimum Gasteiger partial charge on any atom is -0.385 e. The van der Waals surface area contributed by atoms with Crippen LogP contribution in [0.2, 0.25) is 0 Å². The fourth-order valence-electron chi connectivity index (χ4n) is 3.11. The van der Waals surface area contributed by atoms with Crippen molar-refractivity contribution in [2.24, 2.45) is 0 Å². The molecule has 2 aliphatic rings. The van der Waals surface area contributed by atoms with Gasteiger partial charge >= 0.3 is 0 Å². The highest BCUT2D eigenvalue weighted by Crippen LogP contribution is 2.19. The zero-order valence-electron chi connectivity index (χ0n) is 11.8. The summed E-state index contributed by atoms with van der Waals surface area (Å²) >= 11 is 1.67. The molecule has 20 heavy (non-hydrogen) atoms. The molecule has 0 saturated carbocycles. The number of nitrogens with zero attached hydrogens (tertiary/aromatic N) is 3. The summed E-state index contributed by atoms with van der Waals surface area (Å²) in [5.41, 5.74) is -0.752. The van der Waals surface area contributed by atoms with Crippen LogP contribution in [0, 0.1) is 0 Å². The van der Waals surface area contributed by atoms with Crippen LogP contribution < -0.4 is 0 Å². The largest absolute Gasteiger partial charge is 0.385 e. The van der Waals surface area contributed by atoms with E-state index in [4.69, 9.17) is 4.74 Å². The van der Waals surface area contributed by atoms with Crippen LogP contribution in [0.4, 0.5) is 0 Å². The van der Waals surface area contributed by atoms with Crippen molar-refractivity contribution >= 4 is 11.3 Å². The van der Waals surface area contributed by atoms with Crippen LogP contribution in [-0.4, -0.2) is 71.4 Å². The molecule has 6 heteroatoms. The molecule has 1 aromatic heterocycles. The van der Waals surface area contributed by atoms with Crippen molar-refractivity contribution in [3.8, 4) is 0 Å². The summed E-state index contributed by atoms with van der Waals surface area (Å²) in [6, 6.07) is 0. The van der Waals surface area contributed by atoms with Gasteiger partial charge in [-0.1, -0.05) is 0 Å². The van der Waals surface area contributed by atoms with E-state index in [-0.39, 0.29) is 0 Å². The molecular formula is C14H23N3O2S. The van der Waals surface area contributed by atoms with Crippen molar-refractivity contribution in [1.29, 1.82) is 0 Å². The van der Waals surface area contributed by atoms with Crippen molar-refractivity contribution in [3.63, 3.8) is 0 Å². The molecule has 0 amide bonds. The van der Waals surface area contributed by atoms with Crippen LogP contribution in [-0.2, 0) is 11.3 Å². The number of likely N-dealkylation sites (tertiary alicyclic amines) is 1. The van der Waals surface area contributed by atoms with Crippen LogP contribution >= 0.6 is 11.3 Å². The Kier molecular flexibility index (Phi) is 4.68. The number of aliphatic hydroxyl groups is 1. The third-order valence-corrected chi connectivity index (χ3v) is 4.76. The Labute approximate surface area is 124 Å². The Bertz CT molecular complexity index is 409. The average Bonchev–Trinajstić information content (AvgIpc) is 3.05. The second kappa shape index (κ2) is 6.49. The molecule has 0 aliphatic carbocycles. The maximum absolute atomic E-state index is 10.9. The maximum atomic E-state index is 10.9. The first-order valence-electron chi connectivity index (χ1n) is 7.37. The molecule has 0 aromatic carbocycles. The van der Waals surface area contributed by atoms with Gasteiger partial charge in [0, 0.05) is 31.2 Å². The molecule has 3 heterocycles. The van der Waals surface area contributed by atoms with Gasteiger partial charge in [0.25, 0.3) is 0 Å². The monoisotopic (exact) mass is 297 g/mol. The number of hydrogen-bond donors (Lipinski definition) is 1. The number of aromatic nitrogens is 1. The Balaban J connectivity index is 1.61. The highest BCUT2D eigenvalue weighted by molar-refractivity contribution is 7.09. The Morgan fingerprint density at radius 2 is 2.15 bits per heavy atom. The first kappa shape index (κ1) is 14.4. The van der Waals surface area contributed by atoms with Gasteiger partial charge in [-0.2, -0.15) is 0 Å². The van der Waals surface area contributed by atoms with Gasteiger partial charge in [0.05, 0.1) is 19.8 Å². The highest BCUT2D eigenvalue weighted by Gasteiger charge is 2.35. The van der Waals surface area contributed by atoms with Gasteiger partial charge in [-0.15, -0.1) is 11.3 Å². The lowest BCUT2D eigenvalue weighted by molar-refractivity contribution is -0.0548. The van der Waals surface area contributed by atoms with Gasteiger partial charge in [0.2, 0.25) is 0 Å². The summed E-state index contributed by atoms with van der Waals surface area (Å²) in [5.74, 6) is 0. The van der Waals surface area contributed by atoms with Crippen LogP contribution in [0.1, 0.15) is 17.8 Å². The first-order valence-corrected chi connectivity index (χ1v) is 8.25. The molecule has 2 aliphatic heterocycles. The molecule has 2 saturated heterocycles. The van der Waals surface area contributed by atoms with E-state index in [1.165, 1.54) is 12.8 Å². The zero-order valence-corrected chi connectivity index (χ0v) is 12.6. The quantitative estimate of drug-likeness (QED) is 0.891. The second-order valence-corrected chi connectivity index (χ2v) is 6.88. The van der Waals surface area contributed by atoms with Gasteiger partial charge in [-0.3, -0.25) is 4.90 Å². The maximum Gasteiger partial charge on any atom is 0.113 e. The van der Waals surface area contributed by atoms with Crippen molar-refractivity contribution in [2.75, 3.05) is 45.9 Å². The van der Waals surface area contributed by atoms with Gasteiger partial charge < -0.3 is 14.7 Å². The molecule has 0 bridgehead atoms. The van der Waals surface area contributed by atoms with Crippen molar-refractivity contribution in [2.45, 2.75) is 25.0 Å². The molecule has 1 aromatic rings. The molecule has 0 radical (unpaired) electrons. The van der Waals surface area contributed by atoms with Crippen molar-refractivity contribution in [1.82, 2.24) is 14.8 Å². The molecule has 0 spiro atoms. The van der Waals surface area contributed by atoms with E-state index in [9.17, 15) is 5.11 Å². The lowest BCUT2D eigenvalue weighted by Gasteiger charge is -2.33. The molecule has 1 atom stereocenters. The SMILES string of the molecule is OC1(CN2CCCC2)COCCN(Cc2nccs2)C1. The van der Waals surface area contributed by atoms with Gasteiger partial charge in [-0.05, 0) is 25.9 Å². The predicted molar refractivity (Wildman–Crippen MR) is 78.8 cm³/mol. The van der Waals surface area contributed by atoms with Crippen molar-refractivity contribution < 1.29 is 9.84 Å². The third-order valence-electron chi connectivity index (χ3n) is 4.00. The van der Waals surface area contributed by atoms with E-state index in [2.05, 4.69) is 14.8 Å². The van der Waals surface area contributed by atoms with Crippen LogP contribution in [0.25, 0.3) is 0 Å². The Morgan fingerprint density at radius 3 is 2.90 bits per heavy atom. The van der Waals surface area contributed by atoms with Crippen LogP contribution in [0.15, 0.2) is 11.6 Å². The smallest absolute Gasteiger partial charge is 0.113 e. The van der Waals surface area contributed by atoms with E-state index in [1.54, 1.807) is 11.3 Å². The fraction of sp³-hybridized carbons (Fsp3) is 0.786. The fourth-order valence-corrected chi connectivity index (χ4v) is 3.76. The summed E-state index contributed by atoms with van der Waals surface area (Å²) in [6.07, 6.45) is 4.34. The topological polar surface area (TPSA) is 48.8 Å². The second-order valence-electron chi connectivity index (χ2n) is 5.90. The van der Waals surface area contributed by atoms with E-state index in [0.29, 0.717) is 19.8 Å². The molecule has 112 valence electrons. The number of rotatable bonds is 4. The summed E-state index contributed by atoms with van der Waals surface area (Å²) in [7, 11) is 0. The van der Waals surface area contributed by atoms with Gasteiger partial charge in [-0.25, -0.2) is 4.98 Å². The molecule has 1 N–H and O–H groups in total. The highest BCUT2D eigenvalue weighted by atomic mass is 32.1. The molecular weight excluding hydrogens is 274 g/mol. The van der Waals surface area contributed by atoms with E-state index < -0.39 is 5.60 Å². The lowest BCUT2D eigenvalue weighted by Crippen LogP contribution is -2.51. The molecule has 1 unspecified atom stereocenters. The lowest BCUT2D eigenvalue weighted by atomic mass is 10.0. The van der Waals surface area contributed by atoms with Crippen LogP contribution in [0.3, 0.4) is 0 Å². The third kappa shape index (κ3) is 3.77. The minimum atomic E-state index is -0.752. The number of thiazole rings is 1. The van der Waals surface area contributed by atoms with E-state index >= 15 is 0 Å². The van der Waals surface area contributed by atoms with E-state index in [0.717, 1.165) is 37.7 Å². The summed E-state index contributed by atoms with van der Waals surface area (Å²) in [6.45, 7) is 6.41. The number of ether oxygens (including phenoxy) is 1. The average molecular weight is 297 g/mol. The van der Waals surface area contributed by atoms with Gasteiger partial charge in [0.1, 0.15) is 10.6 Å². The summed E-state index contributed by atoms with van der Waals surface area (Å²) in [5, 5.41) is 14.0. The Hall–Kier alpha value is -0.530. The van der Waals surface area contributed by atoms with E-state index in [1.807, 2.05) is 11.6 Å². The molecule has 2 fully saturated rings.